The van der Waals surface area contributed by atoms with Crippen molar-refractivity contribution in [3.8, 4) is 0 Å². The Bertz CT molecular complexity index is 272. The molecule has 1 saturated carbocycles. The Balaban J connectivity index is 2.14. The smallest absolute Gasteiger partial charge is 0.246 e. The monoisotopic (exact) mass is 241 g/mol. The number of hydrogen-bond donors (Lipinski definition) is 1. The molecule has 1 aliphatic carbocycles. The van der Waals surface area contributed by atoms with Crippen LogP contribution in [-0.4, -0.2) is 30.9 Å². The molecule has 1 aliphatic rings. The maximum absolute atomic E-state index is 11.5. The summed E-state index contributed by atoms with van der Waals surface area (Å²) in [5.74, 6) is 0.725. The first-order valence-corrected chi connectivity index (χ1v) is 6.38. The molecule has 0 saturated heterocycles. The first-order chi connectivity index (χ1) is 8.00. The second-order valence-electron chi connectivity index (χ2n) is 5.18. The Labute approximate surface area is 103 Å². The van der Waals surface area contributed by atoms with Gasteiger partial charge in [-0.1, -0.05) is 26.7 Å². The van der Waals surface area contributed by atoms with Crippen molar-refractivity contribution in [1.29, 1.82) is 0 Å². The topological polar surface area (TPSA) is 55.4 Å². The van der Waals surface area contributed by atoms with E-state index in [0.717, 1.165) is 12.3 Å². The Morgan fingerprint density at radius 3 is 2.47 bits per heavy atom. The van der Waals surface area contributed by atoms with Gasteiger partial charge < -0.3 is 10.1 Å². The van der Waals surface area contributed by atoms with Gasteiger partial charge in [-0.2, -0.15) is 0 Å². The van der Waals surface area contributed by atoms with E-state index in [2.05, 4.69) is 5.32 Å². The van der Waals surface area contributed by atoms with Crippen molar-refractivity contribution in [3.05, 3.63) is 0 Å². The quantitative estimate of drug-likeness (QED) is 0.656. The van der Waals surface area contributed by atoms with Gasteiger partial charge in [0.2, 0.25) is 5.91 Å². The minimum atomic E-state index is -0.394. The van der Waals surface area contributed by atoms with Crippen LogP contribution < -0.4 is 5.32 Å². The highest BCUT2D eigenvalue weighted by atomic mass is 16.5. The molecule has 0 spiro atoms. The SMILES string of the molecule is CC(=O)C(NC(=O)COCCC1CC1)C(C)C. The van der Waals surface area contributed by atoms with Crippen LogP contribution in [0.15, 0.2) is 0 Å². The molecular weight excluding hydrogens is 218 g/mol. The lowest BCUT2D eigenvalue weighted by molar-refractivity contribution is -0.130. The number of amides is 1. The van der Waals surface area contributed by atoms with Gasteiger partial charge in [0, 0.05) is 6.61 Å². The summed E-state index contributed by atoms with van der Waals surface area (Å²) in [7, 11) is 0. The minimum absolute atomic E-state index is 0.00803. The molecule has 98 valence electrons. The van der Waals surface area contributed by atoms with Gasteiger partial charge in [-0.15, -0.1) is 0 Å². The molecule has 4 heteroatoms. The molecule has 1 fully saturated rings. The van der Waals surface area contributed by atoms with E-state index in [-0.39, 0.29) is 24.2 Å². The van der Waals surface area contributed by atoms with E-state index in [1.54, 1.807) is 0 Å². The summed E-state index contributed by atoms with van der Waals surface area (Å²) in [5, 5.41) is 2.71. The van der Waals surface area contributed by atoms with Gasteiger partial charge in [-0.25, -0.2) is 0 Å². The summed E-state index contributed by atoms with van der Waals surface area (Å²) in [5.41, 5.74) is 0. The van der Waals surface area contributed by atoms with Crippen molar-refractivity contribution in [3.63, 3.8) is 0 Å². The van der Waals surface area contributed by atoms with Crippen LogP contribution in [0, 0.1) is 11.8 Å². The molecule has 0 aromatic heterocycles. The molecule has 0 aromatic rings. The van der Waals surface area contributed by atoms with E-state index in [9.17, 15) is 9.59 Å². The number of carbonyl (C=O) groups excluding carboxylic acids is 2. The number of nitrogens with one attached hydrogen (secondary N) is 1. The van der Waals surface area contributed by atoms with Crippen LogP contribution >= 0.6 is 0 Å². The van der Waals surface area contributed by atoms with E-state index in [1.165, 1.54) is 19.8 Å². The zero-order valence-corrected chi connectivity index (χ0v) is 11.0. The van der Waals surface area contributed by atoms with Crippen LogP contribution in [0.1, 0.15) is 40.0 Å². The molecule has 1 atom stereocenters. The van der Waals surface area contributed by atoms with Gasteiger partial charge in [0.25, 0.3) is 0 Å². The van der Waals surface area contributed by atoms with E-state index in [4.69, 9.17) is 4.74 Å². The second-order valence-corrected chi connectivity index (χ2v) is 5.18. The maximum atomic E-state index is 11.5. The third-order valence-electron chi connectivity index (χ3n) is 3.02. The average Bonchev–Trinajstić information content (AvgIpc) is 3.04. The first kappa shape index (κ1) is 14.2. The average molecular weight is 241 g/mol. The van der Waals surface area contributed by atoms with Gasteiger partial charge in [0.05, 0.1) is 6.04 Å². The van der Waals surface area contributed by atoms with Crippen molar-refractivity contribution in [1.82, 2.24) is 5.32 Å². The summed E-state index contributed by atoms with van der Waals surface area (Å²) in [6.45, 7) is 6.03. The number of carbonyl (C=O) groups is 2. The zero-order valence-electron chi connectivity index (χ0n) is 11.0. The summed E-state index contributed by atoms with van der Waals surface area (Å²) in [6, 6.07) is -0.394. The highest BCUT2D eigenvalue weighted by Crippen LogP contribution is 2.31. The lowest BCUT2D eigenvalue weighted by Crippen LogP contribution is -2.44. The largest absolute Gasteiger partial charge is 0.372 e. The molecule has 1 unspecified atom stereocenters. The third-order valence-corrected chi connectivity index (χ3v) is 3.02. The number of Topliss-reactive ketones (excluding diaryl/α,β-unsaturated/α-hetero) is 1. The molecule has 0 bridgehead atoms. The summed E-state index contributed by atoms with van der Waals surface area (Å²) in [6.07, 6.45) is 3.65. The lowest BCUT2D eigenvalue weighted by atomic mass is 10.0. The van der Waals surface area contributed by atoms with Gasteiger partial charge in [-0.3, -0.25) is 9.59 Å². The van der Waals surface area contributed by atoms with Crippen molar-refractivity contribution in [2.75, 3.05) is 13.2 Å². The van der Waals surface area contributed by atoms with Crippen LogP contribution in [-0.2, 0) is 14.3 Å². The Morgan fingerprint density at radius 2 is 2.00 bits per heavy atom. The minimum Gasteiger partial charge on any atom is -0.372 e. The maximum Gasteiger partial charge on any atom is 0.246 e. The Kier molecular flexibility index (Phi) is 5.62. The molecule has 17 heavy (non-hydrogen) atoms. The van der Waals surface area contributed by atoms with Crippen molar-refractivity contribution >= 4 is 11.7 Å². The number of hydrogen-bond acceptors (Lipinski definition) is 3. The number of rotatable bonds is 8. The van der Waals surface area contributed by atoms with Crippen molar-refractivity contribution in [2.45, 2.75) is 46.1 Å². The van der Waals surface area contributed by atoms with E-state index in [0.29, 0.717) is 6.61 Å². The molecule has 1 N–H and O–H groups in total. The summed E-state index contributed by atoms with van der Waals surface area (Å²) >= 11 is 0. The fourth-order valence-corrected chi connectivity index (χ4v) is 1.77. The highest BCUT2D eigenvalue weighted by molar-refractivity contribution is 5.88. The lowest BCUT2D eigenvalue weighted by Gasteiger charge is -2.19. The Hall–Kier alpha value is -0.900. The zero-order chi connectivity index (χ0) is 12.8. The summed E-state index contributed by atoms with van der Waals surface area (Å²) in [4.78, 5) is 22.8. The molecule has 4 nitrogen and oxygen atoms in total. The highest BCUT2D eigenvalue weighted by Gasteiger charge is 2.22. The van der Waals surface area contributed by atoms with E-state index < -0.39 is 6.04 Å². The van der Waals surface area contributed by atoms with Gasteiger partial charge in [-0.05, 0) is 25.2 Å². The molecule has 0 radical (unpaired) electrons. The number of ether oxygens (including phenoxy) is 1. The van der Waals surface area contributed by atoms with Crippen LogP contribution in [0.5, 0.6) is 0 Å². The standard InChI is InChI=1S/C13H23NO3/c1-9(2)13(10(3)15)14-12(16)8-17-7-6-11-4-5-11/h9,11,13H,4-8H2,1-3H3,(H,14,16). The predicted octanol–water partition coefficient (Wildman–Crippen LogP) is 1.53. The van der Waals surface area contributed by atoms with Crippen molar-refractivity contribution < 1.29 is 14.3 Å². The van der Waals surface area contributed by atoms with E-state index >= 15 is 0 Å². The molecule has 0 aliphatic heterocycles. The Morgan fingerprint density at radius 1 is 1.35 bits per heavy atom. The molecule has 1 rings (SSSR count). The van der Waals surface area contributed by atoms with Gasteiger partial charge in [0.15, 0.2) is 5.78 Å². The fraction of sp³-hybridized carbons (Fsp3) is 0.846. The molecule has 0 aromatic carbocycles. The van der Waals surface area contributed by atoms with E-state index in [1.807, 2.05) is 13.8 Å². The molecule has 0 heterocycles. The predicted molar refractivity (Wildman–Crippen MR) is 65.6 cm³/mol. The van der Waals surface area contributed by atoms with Gasteiger partial charge >= 0.3 is 0 Å². The van der Waals surface area contributed by atoms with Crippen LogP contribution in [0.25, 0.3) is 0 Å². The number of ketones is 1. The normalized spacial score (nSPS) is 16.9. The third kappa shape index (κ3) is 5.82. The van der Waals surface area contributed by atoms with Crippen LogP contribution in [0.4, 0.5) is 0 Å². The van der Waals surface area contributed by atoms with Crippen molar-refractivity contribution in [2.24, 2.45) is 11.8 Å². The first-order valence-electron chi connectivity index (χ1n) is 6.38. The van der Waals surface area contributed by atoms with Crippen LogP contribution in [0.3, 0.4) is 0 Å². The second kappa shape index (κ2) is 6.74. The molecule has 1 amide bonds. The molecular formula is C13H23NO3. The summed E-state index contributed by atoms with van der Waals surface area (Å²) < 4.78 is 5.28. The van der Waals surface area contributed by atoms with Gasteiger partial charge in [0.1, 0.15) is 6.61 Å². The fourth-order valence-electron chi connectivity index (χ4n) is 1.77. The van der Waals surface area contributed by atoms with Crippen LogP contribution in [0.2, 0.25) is 0 Å².